The quantitative estimate of drug-likeness (QED) is 0.787. The van der Waals surface area contributed by atoms with E-state index >= 15 is 0 Å². The number of fused-ring (bicyclic) bond motifs is 1. The Kier molecular flexibility index (Phi) is 4.22. The average Bonchev–Trinajstić information content (AvgIpc) is 3.11. The summed E-state index contributed by atoms with van der Waals surface area (Å²) in [6, 6.07) is 15.5. The Balaban J connectivity index is 1.45. The van der Waals surface area contributed by atoms with E-state index < -0.39 is 0 Å². The van der Waals surface area contributed by atoms with E-state index in [-0.39, 0.29) is 12.0 Å². The first-order valence-corrected chi connectivity index (χ1v) is 8.08. The predicted octanol–water partition coefficient (Wildman–Crippen LogP) is 1.87. The van der Waals surface area contributed by atoms with Gasteiger partial charge in [-0.1, -0.05) is 41.6 Å². The van der Waals surface area contributed by atoms with Crippen molar-refractivity contribution in [2.24, 2.45) is 0 Å². The van der Waals surface area contributed by atoms with Crippen LogP contribution in [-0.2, 0) is 24.4 Å². The summed E-state index contributed by atoms with van der Waals surface area (Å²) in [5.74, 6) is -0.270. The number of amides is 1. The number of pyridine rings is 1. The SMILES string of the molecule is O=C(NCc1ccccn1)c1nnn2c1CO[C@@H](c1ccccc1)C2. The summed E-state index contributed by atoms with van der Waals surface area (Å²) in [5.41, 5.74) is 2.88. The number of benzene rings is 1. The number of hydrogen-bond acceptors (Lipinski definition) is 5. The van der Waals surface area contributed by atoms with Crippen LogP contribution in [0.2, 0.25) is 0 Å². The minimum absolute atomic E-state index is 0.0835. The molecule has 25 heavy (non-hydrogen) atoms. The fourth-order valence-corrected chi connectivity index (χ4v) is 2.81. The topological polar surface area (TPSA) is 81.9 Å². The molecule has 1 amide bonds. The van der Waals surface area contributed by atoms with Crippen molar-refractivity contribution < 1.29 is 9.53 Å². The van der Waals surface area contributed by atoms with Gasteiger partial charge in [0.15, 0.2) is 5.69 Å². The first kappa shape index (κ1) is 15.5. The van der Waals surface area contributed by atoms with Crippen LogP contribution in [0.25, 0.3) is 0 Å². The minimum atomic E-state index is -0.270. The molecule has 0 aliphatic carbocycles. The normalized spacial score (nSPS) is 16.2. The molecule has 1 aliphatic rings. The highest BCUT2D eigenvalue weighted by Crippen LogP contribution is 2.26. The largest absolute Gasteiger partial charge is 0.365 e. The van der Waals surface area contributed by atoms with E-state index in [1.54, 1.807) is 10.9 Å². The second-order valence-electron chi connectivity index (χ2n) is 5.78. The minimum Gasteiger partial charge on any atom is -0.365 e. The molecule has 0 bridgehead atoms. The van der Waals surface area contributed by atoms with E-state index in [0.29, 0.717) is 31.1 Å². The lowest BCUT2D eigenvalue weighted by Gasteiger charge is -2.24. The van der Waals surface area contributed by atoms with Crippen molar-refractivity contribution in [3.63, 3.8) is 0 Å². The Labute approximate surface area is 144 Å². The molecule has 7 nitrogen and oxygen atoms in total. The molecular formula is C18H17N5O2. The van der Waals surface area contributed by atoms with E-state index in [1.165, 1.54) is 0 Å². The van der Waals surface area contributed by atoms with Gasteiger partial charge in [-0.2, -0.15) is 0 Å². The van der Waals surface area contributed by atoms with Crippen LogP contribution in [0.5, 0.6) is 0 Å². The molecule has 3 aromatic rings. The van der Waals surface area contributed by atoms with Gasteiger partial charge in [0.1, 0.15) is 6.10 Å². The summed E-state index contributed by atoms with van der Waals surface area (Å²) in [6.07, 6.45) is 1.61. The van der Waals surface area contributed by atoms with Gasteiger partial charge in [-0.05, 0) is 17.7 Å². The molecule has 3 heterocycles. The molecule has 0 radical (unpaired) electrons. The summed E-state index contributed by atoms with van der Waals surface area (Å²) in [7, 11) is 0. The summed E-state index contributed by atoms with van der Waals surface area (Å²) in [5, 5.41) is 11.0. The highest BCUT2D eigenvalue weighted by Gasteiger charge is 2.27. The summed E-state index contributed by atoms with van der Waals surface area (Å²) < 4.78 is 7.66. The van der Waals surface area contributed by atoms with Gasteiger partial charge in [0, 0.05) is 6.20 Å². The van der Waals surface area contributed by atoms with Gasteiger partial charge in [0.05, 0.1) is 31.1 Å². The highest BCUT2D eigenvalue weighted by atomic mass is 16.5. The zero-order valence-electron chi connectivity index (χ0n) is 13.5. The number of hydrogen-bond donors (Lipinski definition) is 1. The Morgan fingerprint density at radius 2 is 2.04 bits per heavy atom. The number of ether oxygens (including phenoxy) is 1. The van der Waals surface area contributed by atoms with Crippen molar-refractivity contribution in [3.05, 3.63) is 77.4 Å². The Hall–Kier alpha value is -3.06. The molecule has 1 atom stereocenters. The van der Waals surface area contributed by atoms with E-state index in [9.17, 15) is 4.79 Å². The monoisotopic (exact) mass is 335 g/mol. The molecular weight excluding hydrogens is 318 g/mol. The number of rotatable bonds is 4. The molecule has 7 heteroatoms. The third kappa shape index (κ3) is 3.27. The van der Waals surface area contributed by atoms with Gasteiger partial charge in [0.2, 0.25) is 0 Å². The summed E-state index contributed by atoms with van der Waals surface area (Å²) >= 11 is 0. The Morgan fingerprint density at radius 1 is 1.20 bits per heavy atom. The van der Waals surface area contributed by atoms with Crippen LogP contribution in [0.1, 0.15) is 33.5 Å². The van der Waals surface area contributed by atoms with Gasteiger partial charge >= 0.3 is 0 Å². The molecule has 1 aliphatic heterocycles. The summed E-state index contributed by atoms with van der Waals surface area (Å²) in [4.78, 5) is 16.6. The lowest BCUT2D eigenvalue weighted by molar-refractivity contribution is -0.00177. The highest BCUT2D eigenvalue weighted by molar-refractivity contribution is 5.93. The molecule has 126 valence electrons. The first-order chi connectivity index (χ1) is 12.3. The average molecular weight is 335 g/mol. The molecule has 4 rings (SSSR count). The maximum absolute atomic E-state index is 12.4. The Morgan fingerprint density at radius 3 is 2.84 bits per heavy atom. The third-order valence-corrected chi connectivity index (χ3v) is 4.14. The molecule has 0 saturated heterocycles. The van der Waals surface area contributed by atoms with E-state index in [1.807, 2.05) is 48.5 Å². The van der Waals surface area contributed by atoms with Gasteiger partial charge in [-0.25, -0.2) is 4.68 Å². The van der Waals surface area contributed by atoms with Crippen LogP contribution < -0.4 is 5.32 Å². The number of carbonyl (C=O) groups excluding carboxylic acids is 1. The van der Waals surface area contributed by atoms with Crippen molar-refractivity contribution in [2.45, 2.75) is 25.8 Å². The summed E-state index contributed by atoms with van der Waals surface area (Å²) in [6.45, 7) is 1.19. The van der Waals surface area contributed by atoms with E-state index in [2.05, 4.69) is 20.6 Å². The van der Waals surface area contributed by atoms with Gasteiger partial charge in [-0.3, -0.25) is 9.78 Å². The second-order valence-corrected chi connectivity index (χ2v) is 5.78. The Bertz CT molecular complexity index is 864. The van der Waals surface area contributed by atoms with Crippen LogP contribution in [0.15, 0.2) is 54.7 Å². The van der Waals surface area contributed by atoms with Gasteiger partial charge < -0.3 is 10.1 Å². The zero-order chi connectivity index (χ0) is 17.1. The third-order valence-electron chi connectivity index (χ3n) is 4.14. The molecule has 0 unspecified atom stereocenters. The fraction of sp³-hybridized carbons (Fsp3) is 0.222. The van der Waals surface area contributed by atoms with Crippen LogP contribution in [0, 0.1) is 0 Å². The van der Waals surface area contributed by atoms with Gasteiger partial charge in [0.25, 0.3) is 5.91 Å². The van der Waals surface area contributed by atoms with Crippen LogP contribution >= 0.6 is 0 Å². The number of aromatic nitrogens is 4. The number of nitrogens with one attached hydrogen (secondary N) is 1. The predicted molar refractivity (Wildman–Crippen MR) is 89.4 cm³/mol. The van der Waals surface area contributed by atoms with E-state index in [0.717, 1.165) is 11.3 Å². The van der Waals surface area contributed by atoms with E-state index in [4.69, 9.17) is 4.74 Å². The van der Waals surface area contributed by atoms with Crippen LogP contribution in [0.4, 0.5) is 0 Å². The lowest BCUT2D eigenvalue weighted by atomic mass is 10.1. The maximum Gasteiger partial charge on any atom is 0.274 e. The standard InChI is InChI=1S/C18H17N5O2/c24-18(20-10-14-8-4-5-9-19-14)17-15-12-25-16(11-23(15)22-21-17)13-6-2-1-3-7-13/h1-9,16H,10-12H2,(H,20,24)/t16-/m1/s1. The van der Waals surface area contributed by atoms with Crippen molar-refractivity contribution in [3.8, 4) is 0 Å². The lowest BCUT2D eigenvalue weighted by Crippen LogP contribution is -2.27. The van der Waals surface area contributed by atoms with Crippen LogP contribution in [0.3, 0.4) is 0 Å². The first-order valence-electron chi connectivity index (χ1n) is 8.08. The second kappa shape index (κ2) is 6.82. The molecule has 0 saturated carbocycles. The molecule has 1 aromatic carbocycles. The van der Waals surface area contributed by atoms with Crippen molar-refractivity contribution >= 4 is 5.91 Å². The van der Waals surface area contributed by atoms with Crippen molar-refractivity contribution in [2.75, 3.05) is 0 Å². The van der Waals surface area contributed by atoms with Crippen LogP contribution in [-0.4, -0.2) is 25.9 Å². The molecule has 2 aromatic heterocycles. The van der Waals surface area contributed by atoms with Gasteiger partial charge in [-0.15, -0.1) is 5.10 Å². The maximum atomic E-state index is 12.4. The fourth-order valence-electron chi connectivity index (χ4n) is 2.81. The van der Waals surface area contributed by atoms with Crippen molar-refractivity contribution in [1.82, 2.24) is 25.3 Å². The number of carbonyl (C=O) groups is 1. The molecule has 1 N–H and O–H groups in total. The van der Waals surface area contributed by atoms with Crippen molar-refractivity contribution in [1.29, 1.82) is 0 Å². The number of nitrogens with zero attached hydrogens (tertiary/aromatic N) is 4. The smallest absolute Gasteiger partial charge is 0.274 e. The zero-order valence-corrected chi connectivity index (χ0v) is 13.5. The molecule has 0 spiro atoms. The molecule has 0 fully saturated rings.